The number of sulfonamides is 2. The van der Waals surface area contributed by atoms with E-state index in [9.17, 15) is 16.8 Å². The van der Waals surface area contributed by atoms with Gasteiger partial charge in [0, 0.05) is 19.6 Å². The predicted octanol–water partition coefficient (Wildman–Crippen LogP) is -0.157. The largest absolute Gasteiger partial charge is 0.214 e. The Labute approximate surface area is 104 Å². The molecule has 0 aliphatic carbocycles. The van der Waals surface area contributed by atoms with Crippen molar-refractivity contribution in [2.24, 2.45) is 5.92 Å². The van der Waals surface area contributed by atoms with Gasteiger partial charge in [-0.2, -0.15) is 0 Å². The average Bonchev–Trinajstić information content (AvgIpc) is 2.14. The molecule has 0 aliphatic rings. The van der Waals surface area contributed by atoms with Crippen molar-refractivity contribution in [1.82, 2.24) is 9.03 Å². The summed E-state index contributed by atoms with van der Waals surface area (Å²) in [5.41, 5.74) is 0. The molecule has 0 rings (SSSR count). The molecule has 0 fully saturated rings. The molecule has 0 radical (unpaired) electrons. The summed E-state index contributed by atoms with van der Waals surface area (Å²) in [5.74, 6) is 0.197. The third kappa shape index (κ3) is 7.69. The van der Waals surface area contributed by atoms with E-state index in [0.29, 0.717) is 6.54 Å². The molecule has 6 nitrogen and oxygen atoms in total. The Morgan fingerprint density at radius 1 is 1.18 bits per heavy atom. The summed E-state index contributed by atoms with van der Waals surface area (Å²) in [6.45, 7) is 6.02. The van der Waals surface area contributed by atoms with E-state index in [1.165, 1.54) is 11.2 Å². The maximum atomic E-state index is 11.4. The maximum absolute atomic E-state index is 11.4. The fourth-order valence-corrected chi connectivity index (χ4v) is 2.83. The zero-order valence-electron chi connectivity index (χ0n) is 10.8. The van der Waals surface area contributed by atoms with Gasteiger partial charge < -0.3 is 0 Å². The zero-order chi connectivity index (χ0) is 13.7. The van der Waals surface area contributed by atoms with Crippen LogP contribution in [0.2, 0.25) is 0 Å². The molecule has 8 heteroatoms. The second-order valence-corrected chi connectivity index (χ2v) is 8.39. The summed E-state index contributed by atoms with van der Waals surface area (Å²) in [4.78, 5) is 0. The Hall–Kier alpha value is -0.180. The molecule has 0 aromatic heterocycles. The molecule has 104 valence electrons. The molecule has 0 aromatic rings. The quantitative estimate of drug-likeness (QED) is 0.672. The molecule has 17 heavy (non-hydrogen) atoms. The van der Waals surface area contributed by atoms with Crippen LogP contribution in [0.25, 0.3) is 0 Å². The Morgan fingerprint density at radius 2 is 1.71 bits per heavy atom. The number of rotatable bonds is 8. The third-order valence-corrected chi connectivity index (χ3v) is 4.77. The van der Waals surface area contributed by atoms with E-state index in [4.69, 9.17) is 0 Å². The van der Waals surface area contributed by atoms with E-state index < -0.39 is 20.0 Å². The first-order valence-corrected chi connectivity index (χ1v) is 9.01. The Morgan fingerprint density at radius 3 is 2.06 bits per heavy atom. The van der Waals surface area contributed by atoms with Gasteiger partial charge in [-0.05, 0) is 12.8 Å². The van der Waals surface area contributed by atoms with E-state index >= 15 is 0 Å². The lowest BCUT2D eigenvalue weighted by atomic mass is 10.2. The van der Waals surface area contributed by atoms with Crippen LogP contribution in [0.3, 0.4) is 0 Å². The lowest BCUT2D eigenvalue weighted by molar-refractivity contribution is 0.372. The molecule has 0 unspecified atom stereocenters. The topological polar surface area (TPSA) is 83.6 Å². The number of hydrogen-bond donors (Lipinski definition) is 1. The Kier molecular flexibility index (Phi) is 6.60. The van der Waals surface area contributed by atoms with Gasteiger partial charge in [-0.15, -0.1) is 0 Å². The van der Waals surface area contributed by atoms with Gasteiger partial charge in [-0.25, -0.2) is 25.9 Å². The summed E-state index contributed by atoms with van der Waals surface area (Å²) in [6, 6.07) is 0. The monoisotopic (exact) mass is 286 g/mol. The van der Waals surface area contributed by atoms with Gasteiger partial charge in [0.05, 0.1) is 12.0 Å². The minimum atomic E-state index is -3.29. The fraction of sp³-hybridized carbons (Fsp3) is 1.00. The van der Waals surface area contributed by atoms with Crippen LogP contribution < -0.4 is 4.72 Å². The van der Waals surface area contributed by atoms with Crippen LogP contribution in [0.4, 0.5) is 0 Å². The van der Waals surface area contributed by atoms with E-state index in [2.05, 4.69) is 4.72 Å². The predicted molar refractivity (Wildman–Crippen MR) is 68.7 cm³/mol. The highest BCUT2D eigenvalue weighted by Crippen LogP contribution is 2.03. The van der Waals surface area contributed by atoms with Gasteiger partial charge >= 0.3 is 0 Å². The van der Waals surface area contributed by atoms with Crippen LogP contribution in [0.1, 0.15) is 20.8 Å². The van der Waals surface area contributed by atoms with Gasteiger partial charge in [0.15, 0.2) is 0 Å². The van der Waals surface area contributed by atoms with E-state index in [0.717, 1.165) is 6.26 Å². The molecule has 1 N–H and O–H groups in total. The van der Waals surface area contributed by atoms with Crippen molar-refractivity contribution in [3.8, 4) is 0 Å². The Bertz CT molecular complexity index is 414. The molecule has 0 atom stereocenters. The smallest absolute Gasteiger partial charge is 0.211 e. The number of nitrogens with one attached hydrogen (secondary N) is 1. The van der Waals surface area contributed by atoms with Crippen LogP contribution in [-0.4, -0.2) is 52.8 Å². The van der Waals surface area contributed by atoms with Crippen molar-refractivity contribution in [2.75, 3.05) is 31.6 Å². The van der Waals surface area contributed by atoms with Gasteiger partial charge in [0.25, 0.3) is 0 Å². The Balaban J connectivity index is 4.39. The molecule has 0 aromatic carbocycles. The molecule has 0 aliphatic heterocycles. The van der Waals surface area contributed by atoms with Crippen LogP contribution >= 0.6 is 0 Å². The molecular weight excluding hydrogens is 264 g/mol. The van der Waals surface area contributed by atoms with Crippen LogP contribution in [0, 0.1) is 5.92 Å². The third-order valence-electron chi connectivity index (χ3n) is 2.10. The first kappa shape index (κ1) is 16.8. The highest BCUT2D eigenvalue weighted by atomic mass is 32.2. The molecule has 0 saturated carbocycles. The number of nitrogens with zero attached hydrogens (tertiary/aromatic N) is 1. The minimum Gasteiger partial charge on any atom is -0.214 e. The van der Waals surface area contributed by atoms with Crippen molar-refractivity contribution < 1.29 is 16.8 Å². The van der Waals surface area contributed by atoms with E-state index in [1.807, 2.05) is 13.8 Å². The second kappa shape index (κ2) is 6.67. The highest BCUT2D eigenvalue weighted by Gasteiger charge is 2.18. The maximum Gasteiger partial charge on any atom is 0.211 e. The van der Waals surface area contributed by atoms with Gasteiger partial charge in [0.1, 0.15) is 0 Å². The first-order chi connectivity index (χ1) is 7.58. The lowest BCUT2D eigenvalue weighted by Gasteiger charge is -2.21. The van der Waals surface area contributed by atoms with Gasteiger partial charge in [-0.1, -0.05) is 13.8 Å². The first-order valence-electron chi connectivity index (χ1n) is 5.51. The molecule has 0 heterocycles. The highest BCUT2D eigenvalue weighted by molar-refractivity contribution is 7.89. The molecule has 0 amide bonds. The second-order valence-electron chi connectivity index (χ2n) is 4.31. The van der Waals surface area contributed by atoms with Crippen molar-refractivity contribution in [3.05, 3.63) is 0 Å². The summed E-state index contributed by atoms with van der Waals surface area (Å²) >= 11 is 0. The van der Waals surface area contributed by atoms with Crippen molar-refractivity contribution in [1.29, 1.82) is 0 Å². The normalized spacial score (nSPS) is 13.5. The van der Waals surface area contributed by atoms with Crippen molar-refractivity contribution in [3.63, 3.8) is 0 Å². The minimum absolute atomic E-state index is 0.00391. The standard InChI is InChI=1S/C9H22N2O4S2/c1-5-17(14,15)10-6-7-11(8-9(2)3)16(4,12)13/h9-10H,5-8H2,1-4H3. The molecule has 0 saturated heterocycles. The fourth-order valence-electron chi connectivity index (χ4n) is 1.23. The lowest BCUT2D eigenvalue weighted by Crippen LogP contribution is -2.40. The van der Waals surface area contributed by atoms with E-state index in [1.54, 1.807) is 0 Å². The van der Waals surface area contributed by atoms with Crippen molar-refractivity contribution in [2.45, 2.75) is 20.8 Å². The van der Waals surface area contributed by atoms with E-state index in [-0.39, 0.29) is 24.8 Å². The van der Waals surface area contributed by atoms with Gasteiger partial charge in [0.2, 0.25) is 20.0 Å². The van der Waals surface area contributed by atoms with Crippen LogP contribution in [-0.2, 0) is 20.0 Å². The average molecular weight is 286 g/mol. The number of hydrogen-bond acceptors (Lipinski definition) is 4. The van der Waals surface area contributed by atoms with Crippen LogP contribution in [0.15, 0.2) is 0 Å². The summed E-state index contributed by atoms with van der Waals surface area (Å²) in [5, 5.41) is 0. The molecule has 0 bridgehead atoms. The van der Waals surface area contributed by atoms with Gasteiger partial charge in [-0.3, -0.25) is 0 Å². The van der Waals surface area contributed by atoms with Crippen molar-refractivity contribution >= 4 is 20.0 Å². The zero-order valence-corrected chi connectivity index (χ0v) is 12.4. The summed E-state index contributed by atoms with van der Waals surface area (Å²) in [7, 11) is -6.55. The SMILES string of the molecule is CCS(=O)(=O)NCCN(CC(C)C)S(C)(=O)=O. The van der Waals surface area contributed by atoms with Crippen LogP contribution in [0.5, 0.6) is 0 Å². The molecule has 0 spiro atoms. The molecular formula is C9H22N2O4S2. The summed E-state index contributed by atoms with van der Waals surface area (Å²) in [6.07, 6.45) is 1.13. The summed E-state index contributed by atoms with van der Waals surface area (Å²) < 4.78 is 48.9.